The van der Waals surface area contributed by atoms with Crippen LogP contribution in [0.3, 0.4) is 0 Å². The van der Waals surface area contributed by atoms with E-state index >= 15 is 0 Å². The number of hydrogen-bond donors (Lipinski definition) is 2. The molecule has 2 N–H and O–H groups in total. The molecule has 0 aromatic carbocycles. The Bertz CT molecular complexity index is 412. The van der Waals surface area contributed by atoms with E-state index < -0.39 is 17.9 Å². The third-order valence-electron chi connectivity index (χ3n) is 3.94. The average Bonchev–Trinajstić information content (AvgIpc) is 2.87. The van der Waals surface area contributed by atoms with Gasteiger partial charge in [0.1, 0.15) is 6.04 Å². The lowest BCUT2D eigenvalue weighted by Gasteiger charge is -2.19. The molecule has 3 amide bonds. The number of urea groups is 1. The molecule has 3 atom stereocenters. The maximum absolute atomic E-state index is 12.0. The van der Waals surface area contributed by atoms with Gasteiger partial charge in [0.2, 0.25) is 5.91 Å². The molecule has 0 radical (unpaired) electrons. The van der Waals surface area contributed by atoms with Crippen LogP contribution in [0.1, 0.15) is 13.3 Å². The number of nitrogens with zero attached hydrogens (tertiary/aromatic N) is 2. The third kappa shape index (κ3) is 2.64. The molecule has 0 saturated carbocycles. The van der Waals surface area contributed by atoms with E-state index in [1.54, 1.807) is 11.9 Å². The predicted molar refractivity (Wildman–Crippen MR) is 66.4 cm³/mol. The molecule has 0 spiro atoms. The summed E-state index contributed by atoms with van der Waals surface area (Å²) in [6.07, 6.45) is 0.604. The minimum atomic E-state index is -0.875. The Hall–Kier alpha value is -1.79. The number of likely N-dealkylation sites (tertiary alicyclic amines) is 2. The topological polar surface area (TPSA) is 90.0 Å². The smallest absolute Gasteiger partial charge is 0.318 e. The number of carbonyl (C=O) groups is 3. The summed E-state index contributed by atoms with van der Waals surface area (Å²) in [5.74, 6) is -1.55. The van der Waals surface area contributed by atoms with Gasteiger partial charge in [-0.2, -0.15) is 0 Å². The lowest BCUT2D eigenvalue weighted by atomic mass is 9.99. The van der Waals surface area contributed by atoms with E-state index in [4.69, 9.17) is 5.11 Å². The van der Waals surface area contributed by atoms with Crippen molar-refractivity contribution >= 4 is 17.9 Å². The molecule has 0 aromatic heterocycles. The van der Waals surface area contributed by atoms with E-state index in [1.807, 2.05) is 6.92 Å². The van der Waals surface area contributed by atoms with Gasteiger partial charge in [-0.1, -0.05) is 6.92 Å². The zero-order valence-corrected chi connectivity index (χ0v) is 11.1. The number of nitrogens with one attached hydrogen (secondary N) is 1. The molecule has 1 unspecified atom stereocenters. The SMILES string of the molecule is C[C@@H]1CN(C(=O)NC2CCN(C)C2=O)C[C@H]1C(=O)O. The third-order valence-corrected chi connectivity index (χ3v) is 3.94. The molecule has 0 aromatic rings. The van der Waals surface area contributed by atoms with Gasteiger partial charge >= 0.3 is 12.0 Å². The quantitative estimate of drug-likeness (QED) is 0.712. The van der Waals surface area contributed by atoms with E-state index in [1.165, 1.54) is 4.90 Å². The predicted octanol–water partition coefficient (Wildman–Crippen LogP) is -0.421. The van der Waals surface area contributed by atoms with E-state index in [0.717, 1.165) is 0 Å². The summed E-state index contributed by atoms with van der Waals surface area (Å²) in [6.45, 7) is 3.08. The lowest BCUT2D eigenvalue weighted by molar-refractivity contribution is -0.142. The number of aliphatic carboxylic acids is 1. The Kier molecular flexibility index (Phi) is 3.64. The molecular formula is C12H19N3O4. The first-order valence-electron chi connectivity index (χ1n) is 6.43. The van der Waals surface area contributed by atoms with Gasteiger partial charge in [-0.15, -0.1) is 0 Å². The van der Waals surface area contributed by atoms with Gasteiger partial charge in [-0.05, 0) is 12.3 Å². The Morgan fingerprint density at radius 2 is 2.05 bits per heavy atom. The van der Waals surface area contributed by atoms with Crippen molar-refractivity contribution in [2.24, 2.45) is 11.8 Å². The van der Waals surface area contributed by atoms with E-state index in [2.05, 4.69) is 5.32 Å². The van der Waals surface area contributed by atoms with Crippen molar-refractivity contribution in [3.05, 3.63) is 0 Å². The zero-order valence-electron chi connectivity index (χ0n) is 11.1. The van der Waals surface area contributed by atoms with Crippen LogP contribution in [0.5, 0.6) is 0 Å². The molecule has 19 heavy (non-hydrogen) atoms. The molecule has 2 aliphatic heterocycles. The van der Waals surface area contributed by atoms with Crippen LogP contribution in [0.15, 0.2) is 0 Å². The van der Waals surface area contributed by atoms with E-state index in [-0.39, 0.29) is 24.4 Å². The second kappa shape index (κ2) is 5.07. The first-order chi connectivity index (χ1) is 8.90. The monoisotopic (exact) mass is 269 g/mol. The molecule has 2 rings (SSSR count). The maximum atomic E-state index is 12.0. The van der Waals surface area contributed by atoms with Crippen molar-refractivity contribution in [1.82, 2.24) is 15.1 Å². The largest absolute Gasteiger partial charge is 0.481 e. The van der Waals surface area contributed by atoms with Gasteiger partial charge in [0.25, 0.3) is 0 Å². The molecule has 0 bridgehead atoms. The summed E-state index contributed by atoms with van der Waals surface area (Å²) >= 11 is 0. The normalized spacial score (nSPS) is 30.8. The van der Waals surface area contributed by atoms with E-state index in [0.29, 0.717) is 19.5 Å². The van der Waals surface area contributed by atoms with Crippen molar-refractivity contribution in [1.29, 1.82) is 0 Å². The summed E-state index contributed by atoms with van der Waals surface area (Å²) < 4.78 is 0. The standard InChI is InChI=1S/C12H19N3O4/c1-7-5-15(6-8(7)11(17)18)12(19)13-9-3-4-14(2)10(9)16/h7-9H,3-6H2,1-2H3,(H,13,19)(H,17,18)/t7-,8-,9?/m1/s1. The fraction of sp³-hybridized carbons (Fsp3) is 0.750. The summed E-state index contributed by atoms with van der Waals surface area (Å²) in [4.78, 5) is 37.8. The highest BCUT2D eigenvalue weighted by Crippen LogP contribution is 2.23. The first-order valence-corrected chi connectivity index (χ1v) is 6.43. The minimum Gasteiger partial charge on any atom is -0.481 e. The second-order valence-corrected chi connectivity index (χ2v) is 5.38. The molecular weight excluding hydrogens is 250 g/mol. The Morgan fingerprint density at radius 3 is 2.53 bits per heavy atom. The summed E-state index contributed by atoms with van der Waals surface area (Å²) in [6, 6.07) is -0.819. The van der Waals surface area contributed by atoms with Crippen LogP contribution in [0.25, 0.3) is 0 Å². The van der Waals surface area contributed by atoms with Crippen molar-refractivity contribution in [2.45, 2.75) is 19.4 Å². The van der Waals surface area contributed by atoms with Crippen molar-refractivity contribution in [3.63, 3.8) is 0 Å². The number of carboxylic acids is 1. The van der Waals surface area contributed by atoms with Gasteiger partial charge in [0, 0.05) is 26.7 Å². The van der Waals surface area contributed by atoms with Gasteiger partial charge in [0.05, 0.1) is 5.92 Å². The number of likely N-dealkylation sites (N-methyl/N-ethyl adjacent to an activating group) is 1. The molecule has 7 heteroatoms. The molecule has 2 aliphatic rings. The van der Waals surface area contributed by atoms with Gasteiger partial charge in [0.15, 0.2) is 0 Å². The molecule has 0 aliphatic carbocycles. The minimum absolute atomic E-state index is 0.0646. The van der Waals surface area contributed by atoms with Gasteiger partial charge in [-0.3, -0.25) is 9.59 Å². The van der Waals surface area contributed by atoms with Crippen molar-refractivity contribution in [3.8, 4) is 0 Å². The number of carbonyl (C=O) groups excluding carboxylic acids is 2. The second-order valence-electron chi connectivity index (χ2n) is 5.38. The highest BCUT2D eigenvalue weighted by atomic mass is 16.4. The molecule has 2 fully saturated rings. The van der Waals surface area contributed by atoms with Crippen molar-refractivity contribution < 1.29 is 19.5 Å². The Morgan fingerprint density at radius 1 is 1.37 bits per heavy atom. The lowest BCUT2D eigenvalue weighted by Crippen LogP contribution is -2.47. The van der Waals surface area contributed by atoms with Crippen LogP contribution in [-0.4, -0.2) is 65.5 Å². The fourth-order valence-electron chi connectivity index (χ4n) is 2.65. The first kappa shape index (κ1) is 13.6. The Balaban J connectivity index is 1.91. The van der Waals surface area contributed by atoms with Crippen LogP contribution in [0, 0.1) is 11.8 Å². The Labute approximate surface area is 111 Å². The number of amides is 3. The summed E-state index contributed by atoms with van der Waals surface area (Å²) in [5.41, 5.74) is 0. The van der Waals surface area contributed by atoms with Crippen LogP contribution < -0.4 is 5.32 Å². The molecule has 7 nitrogen and oxygen atoms in total. The van der Waals surface area contributed by atoms with Crippen LogP contribution in [0.4, 0.5) is 4.79 Å². The highest BCUT2D eigenvalue weighted by Gasteiger charge is 2.38. The average molecular weight is 269 g/mol. The fourth-order valence-corrected chi connectivity index (χ4v) is 2.65. The molecule has 106 valence electrons. The molecule has 2 heterocycles. The summed E-state index contributed by atoms with van der Waals surface area (Å²) in [5, 5.41) is 11.7. The van der Waals surface area contributed by atoms with Gasteiger partial charge in [-0.25, -0.2) is 4.79 Å². The molecule has 2 saturated heterocycles. The highest BCUT2D eigenvalue weighted by molar-refractivity contribution is 5.88. The summed E-state index contributed by atoms with van der Waals surface area (Å²) in [7, 11) is 1.70. The van der Waals surface area contributed by atoms with Crippen LogP contribution in [0.2, 0.25) is 0 Å². The maximum Gasteiger partial charge on any atom is 0.318 e. The van der Waals surface area contributed by atoms with Gasteiger partial charge < -0.3 is 20.2 Å². The van der Waals surface area contributed by atoms with Crippen molar-refractivity contribution in [2.75, 3.05) is 26.7 Å². The number of carboxylic acid groups (broad SMARTS) is 1. The van der Waals surface area contributed by atoms with Crippen LogP contribution in [-0.2, 0) is 9.59 Å². The van der Waals surface area contributed by atoms with E-state index in [9.17, 15) is 14.4 Å². The number of rotatable bonds is 2. The number of hydrogen-bond acceptors (Lipinski definition) is 3. The van der Waals surface area contributed by atoms with Crippen LogP contribution >= 0.6 is 0 Å². The zero-order chi connectivity index (χ0) is 14.2.